The van der Waals surface area contributed by atoms with Crippen LogP contribution in [0.15, 0.2) is 52.3 Å². The van der Waals surface area contributed by atoms with Gasteiger partial charge in [0.05, 0.1) is 20.4 Å². The van der Waals surface area contributed by atoms with Crippen LogP contribution in [0.1, 0.15) is 38.1 Å². The van der Waals surface area contributed by atoms with Crippen molar-refractivity contribution in [3.8, 4) is 0 Å². The van der Waals surface area contributed by atoms with Crippen molar-refractivity contribution in [1.82, 2.24) is 4.31 Å². The molecule has 170 valence electrons. The first-order valence-corrected chi connectivity index (χ1v) is 13.3. The number of carbonyl (C=O) groups is 1. The van der Waals surface area contributed by atoms with Crippen LogP contribution in [0.5, 0.6) is 0 Å². The van der Waals surface area contributed by atoms with Crippen molar-refractivity contribution in [2.24, 2.45) is 0 Å². The second-order valence-electron chi connectivity index (χ2n) is 7.79. The zero-order valence-electron chi connectivity index (χ0n) is 18.3. The third-order valence-corrected chi connectivity index (χ3v) is 8.34. The van der Waals surface area contributed by atoms with E-state index in [9.17, 15) is 21.6 Å². The SMILES string of the molecule is CC(C)N(C(=O)c1cc(S(=O)(=O)N(C)C(C)C)ccc1Cl)c1ccc(S(C)(=O)=O)cc1. The van der Waals surface area contributed by atoms with Crippen LogP contribution in [0.25, 0.3) is 0 Å². The van der Waals surface area contributed by atoms with E-state index >= 15 is 0 Å². The van der Waals surface area contributed by atoms with E-state index in [1.165, 1.54) is 58.7 Å². The number of carbonyl (C=O) groups excluding carboxylic acids is 1. The first-order chi connectivity index (χ1) is 14.2. The number of hydrogen-bond donors (Lipinski definition) is 0. The van der Waals surface area contributed by atoms with Gasteiger partial charge in [0.15, 0.2) is 9.84 Å². The average Bonchev–Trinajstić information content (AvgIpc) is 2.66. The smallest absolute Gasteiger partial charge is 0.260 e. The summed E-state index contributed by atoms with van der Waals surface area (Å²) < 4.78 is 50.4. The molecule has 0 bridgehead atoms. The molecule has 0 unspecified atom stereocenters. The molecule has 0 radical (unpaired) electrons. The predicted octanol–water partition coefficient (Wildman–Crippen LogP) is 3.83. The van der Waals surface area contributed by atoms with Crippen molar-refractivity contribution in [3.63, 3.8) is 0 Å². The van der Waals surface area contributed by atoms with E-state index in [1.54, 1.807) is 27.7 Å². The van der Waals surface area contributed by atoms with E-state index in [4.69, 9.17) is 11.6 Å². The summed E-state index contributed by atoms with van der Waals surface area (Å²) in [6.07, 6.45) is 1.10. The number of sulfone groups is 1. The number of nitrogens with zero attached hydrogens (tertiary/aromatic N) is 2. The molecule has 1 amide bonds. The number of sulfonamides is 1. The lowest BCUT2D eigenvalue weighted by molar-refractivity contribution is 0.0980. The molecule has 10 heteroatoms. The fraction of sp³-hybridized carbons (Fsp3) is 0.381. The summed E-state index contributed by atoms with van der Waals surface area (Å²) in [5.41, 5.74) is 0.511. The molecule has 0 saturated carbocycles. The maximum atomic E-state index is 13.4. The van der Waals surface area contributed by atoms with Crippen LogP contribution in [0.4, 0.5) is 5.69 Å². The molecule has 0 N–H and O–H groups in total. The first kappa shape index (κ1) is 25.3. The number of amides is 1. The number of anilines is 1. The van der Waals surface area contributed by atoms with Crippen molar-refractivity contribution in [3.05, 3.63) is 53.1 Å². The van der Waals surface area contributed by atoms with Gasteiger partial charge in [0.1, 0.15) is 0 Å². The molecule has 2 aromatic carbocycles. The Hall–Kier alpha value is -1.94. The highest BCUT2D eigenvalue weighted by Gasteiger charge is 2.28. The van der Waals surface area contributed by atoms with Gasteiger partial charge in [-0.15, -0.1) is 0 Å². The van der Waals surface area contributed by atoms with E-state index in [0.29, 0.717) is 5.69 Å². The van der Waals surface area contributed by atoms with Gasteiger partial charge in [0.25, 0.3) is 5.91 Å². The van der Waals surface area contributed by atoms with E-state index in [1.807, 2.05) is 0 Å². The molecule has 0 saturated heterocycles. The summed E-state index contributed by atoms with van der Waals surface area (Å²) in [7, 11) is -5.71. The van der Waals surface area contributed by atoms with Crippen LogP contribution in [-0.4, -0.2) is 52.4 Å². The Balaban J connectivity index is 2.54. The number of benzene rings is 2. The maximum Gasteiger partial charge on any atom is 0.260 e. The van der Waals surface area contributed by atoms with E-state index in [-0.39, 0.29) is 32.5 Å². The lowest BCUT2D eigenvalue weighted by atomic mass is 10.1. The minimum atomic E-state index is -3.81. The lowest BCUT2D eigenvalue weighted by Crippen LogP contribution is -2.37. The lowest BCUT2D eigenvalue weighted by Gasteiger charge is -2.28. The van der Waals surface area contributed by atoms with Gasteiger partial charge in [0.2, 0.25) is 10.0 Å². The van der Waals surface area contributed by atoms with Gasteiger partial charge in [-0.2, -0.15) is 4.31 Å². The molecule has 31 heavy (non-hydrogen) atoms. The molecule has 0 atom stereocenters. The molecule has 7 nitrogen and oxygen atoms in total. The largest absolute Gasteiger partial charge is 0.306 e. The van der Waals surface area contributed by atoms with Crippen molar-refractivity contribution in [1.29, 1.82) is 0 Å². The average molecular weight is 487 g/mol. The van der Waals surface area contributed by atoms with Gasteiger partial charge in [-0.1, -0.05) is 11.6 Å². The molecule has 0 heterocycles. The highest BCUT2D eigenvalue weighted by atomic mass is 35.5. The van der Waals surface area contributed by atoms with Gasteiger partial charge in [-0.3, -0.25) is 4.79 Å². The zero-order chi connectivity index (χ0) is 23.7. The Bertz CT molecular complexity index is 1170. The Morgan fingerprint density at radius 2 is 1.39 bits per heavy atom. The molecular weight excluding hydrogens is 460 g/mol. The molecule has 2 rings (SSSR count). The van der Waals surface area contributed by atoms with Crippen LogP contribution in [0.2, 0.25) is 5.02 Å². The van der Waals surface area contributed by atoms with Crippen LogP contribution in [0.3, 0.4) is 0 Å². The fourth-order valence-corrected chi connectivity index (χ4v) is 5.13. The molecule has 0 spiro atoms. The zero-order valence-corrected chi connectivity index (χ0v) is 20.7. The molecule has 2 aromatic rings. The van der Waals surface area contributed by atoms with Crippen LogP contribution in [-0.2, 0) is 19.9 Å². The van der Waals surface area contributed by atoms with Crippen molar-refractivity contribution < 1.29 is 21.6 Å². The standard InChI is InChI=1S/C21H27ClN2O5S2/c1-14(2)23(5)31(28,29)18-11-12-20(22)19(13-18)21(25)24(15(3)4)16-7-9-17(10-8-16)30(6,26)27/h7-15H,1-6H3. The summed E-state index contributed by atoms with van der Waals surface area (Å²) in [6, 6.07) is 9.39. The van der Waals surface area contributed by atoms with E-state index < -0.39 is 25.8 Å². The number of hydrogen-bond acceptors (Lipinski definition) is 5. The Kier molecular flexibility index (Phi) is 7.58. The Morgan fingerprint density at radius 1 is 0.871 bits per heavy atom. The number of halogens is 1. The summed E-state index contributed by atoms with van der Waals surface area (Å²) in [5.74, 6) is -0.489. The molecule has 0 aliphatic rings. The topological polar surface area (TPSA) is 91.8 Å². The Labute approximate surface area is 189 Å². The van der Waals surface area contributed by atoms with Gasteiger partial charge >= 0.3 is 0 Å². The second-order valence-corrected chi connectivity index (χ2v) is 12.2. The normalized spacial score (nSPS) is 12.6. The third-order valence-electron chi connectivity index (χ3n) is 4.85. The van der Waals surface area contributed by atoms with Gasteiger partial charge in [-0.05, 0) is 70.2 Å². The Morgan fingerprint density at radius 3 is 1.84 bits per heavy atom. The number of rotatable bonds is 7. The highest BCUT2D eigenvalue weighted by molar-refractivity contribution is 7.90. The van der Waals surface area contributed by atoms with Gasteiger partial charge < -0.3 is 4.90 Å². The van der Waals surface area contributed by atoms with Crippen molar-refractivity contribution in [2.45, 2.75) is 49.6 Å². The third kappa shape index (κ3) is 5.46. The summed E-state index contributed by atoms with van der Waals surface area (Å²) in [4.78, 5) is 14.9. The predicted molar refractivity (Wildman–Crippen MR) is 123 cm³/mol. The molecule has 0 aliphatic carbocycles. The summed E-state index contributed by atoms with van der Waals surface area (Å²) >= 11 is 6.27. The van der Waals surface area contributed by atoms with Crippen LogP contribution >= 0.6 is 11.6 Å². The molecule has 0 aromatic heterocycles. The van der Waals surface area contributed by atoms with Crippen molar-refractivity contribution >= 4 is 43.1 Å². The summed E-state index contributed by atoms with van der Waals surface area (Å²) in [5, 5.41) is 0.120. The summed E-state index contributed by atoms with van der Waals surface area (Å²) in [6.45, 7) is 7.09. The van der Waals surface area contributed by atoms with Crippen molar-refractivity contribution in [2.75, 3.05) is 18.2 Å². The minimum absolute atomic E-state index is 0.0346. The van der Waals surface area contributed by atoms with Gasteiger partial charge in [-0.25, -0.2) is 16.8 Å². The molecule has 0 fully saturated rings. The van der Waals surface area contributed by atoms with Gasteiger partial charge in [0, 0.05) is 31.1 Å². The van der Waals surface area contributed by atoms with Crippen LogP contribution < -0.4 is 4.90 Å². The minimum Gasteiger partial charge on any atom is -0.306 e. The fourth-order valence-electron chi connectivity index (χ4n) is 2.91. The van der Waals surface area contributed by atoms with E-state index in [0.717, 1.165) is 6.26 Å². The first-order valence-electron chi connectivity index (χ1n) is 9.59. The monoisotopic (exact) mass is 486 g/mol. The molecule has 0 aliphatic heterocycles. The second kappa shape index (κ2) is 9.28. The maximum absolute atomic E-state index is 13.4. The quantitative estimate of drug-likeness (QED) is 0.593. The molecular formula is C21H27ClN2O5S2. The van der Waals surface area contributed by atoms with E-state index in [2.05, 4.69) is 0 Å². The highest BCUT2D eigenvalue weighted by Crippen LogP contribution is 2.28. The van der Waals surface area contributed by atoms with Crippen LogP contribution in [0, 0.1) is 0 Å².